The molecule has 0 spiro atoms. The van der Waals surface area contributed by atoms with Crippen molar-refractivity contribution in [1.29, 1.82) is 0 Å². The summed E-state index contributed by atoms with van der Waals surface area (Å²) in [6.45, 7) is 1.98. The van der Waals surface area contributed by atoms with Crippen molar-refractivity contribution in [3.63, 3.8) is 0 Å². The van der Waals surface area contributed by atoms with Gasteiger partial charge < -0.3 is 9.84 Å². The summed E-state index contributed by atoms with van der Waals surface area (Å²) in [5.74, 6) is 0.886. The molecule has 0 atom stereocenters. The summed E-state index contributed by atoms with van der Waals surface area (Å²) in [7, 11) is 1.62. The van der Waals surface area contributed by atoms with Crippen molar-refractivity contribution in [1.82, 2.24) is 9.38 Å². The first-order chi connectivity index (χ1) is 9.19. The number of benzene rings is 1. The van der Waals surface area contributed by atoms with Crippen LogP contribution in [0.5, 0.6) is 11.6 Å². The molecular formula is C15H14N2O2. The molecule has 3 rings (SSSR count). The standard InChI is InChI=1S/C15H14N2O2/c1-10-6-7-13-16-14(15(18)17(13)9-10)11-4-3-5-12(8-11)19-2/h3-9,18H,1-2H3. The monoisotopic (exact) mass is 254 g/mol. The van der Waals surface area contributed by atoms with Crippen LogP contribution in [-0.4, -0.2) is 21.6 Å². The summed E-state index contributed by atoms with van der Waals surface area (Å²) in [6, 6.07) is 11.4. The molecule has 1 aromatic carbocycles. The third-order valence-electron chi connectivity index (χ3n) is 3.08. The van der Waals surface area contributed by atoms with E-state index in [1.54, 1.807) is 11.5 Å². The zero-order valence-electron chi connectivity index (χ0n) is 10.8. The van der Waals surface area contributed by atoms with Crippen molar-refractivity contribution in [3.8, 4) is 22.9 Å². The Morgan fingerprint density at radius 1 is 1.21 bits per heavy atom. The van der Waals surface area contributed by atoms with Gasteiger partial charge in [-0.3, -0.25) is 4.40 Å². The molecule has 0 bridgehead atoms. The van der Waals surface area contributed by atoms with E-state index in [0.717, 1.165) is 22.5 Å². The number of rotatable bonds is 2. The van der Waals surface area contributed by atoms with E-state index in [9.17, 15) is 5.11 Å². The van der Waals surface area contributed by atoms with E-state index >= 15 is 0 Å². The van der Waals surface area contributed by atoms with E-state index in [4.69, 9.17) is 4.74 Å². The molecule has 0 unspecified atom stereocenters. The Hall–Kier alpha value is -2.49. The van der Waals surface area contributed by atoms with Crippen LogP contribution in [-0.2, 0) is 0 Å². The van der Waals surface area contributed by atoms with Crippen molar-refractivity contribution < 1.29 is 9.84 Å². The number of fused-ring (bicyclic) bond motifs is 1. The molecule has 4 heteroatoms. The van der Waals surface area contributed by atoms with E-state index in [1.165, 1.54) is 0 Å². The maximum Gasteiger partial charge on any atom is 0.224 e. The number of imidazole rings is 1. The van der Waals surface area contributed by atoms with Crippen LogP contribution in [0.1, 0.15) is 5.56 Å². The van der Waals surface area contributed by atoms with E-state index < -0.39 is 0 Å². The van der Waals surface area contributed by atoms with Gasteiger partial charge in [-0.15, -0.1) is 0 Å². The molecule has 0 radical (unpaired) electrons. The van der Waals surface area contributed by atoms with Crippen molar-refractivity contribution >= 4 is 5.65 Å². The topological polar surface area (TPSA) is 46.8 Å². The van der Waals surface area contributed by atoms with E-state index in [-0.39, 0.29) is 5.88 Å². The van der Waals surface area contributed by atoms with Gasteiger partial charge in [-0.25, -0.2) is 4.98 Å². The minimum atomic E-state index is 0.145. The van der Waals surface area contributed by atoms with Gasteiger partial charge in [0.1, 0.15) is 17.1 Å². The number of aromatic nitrogens is 2. The maximum atomic E-state index is 10.3. The third-order valence-corrected chi connectivity index (χ3v) is 3.08. The lowest BCUT2D eigenvalue weighted by atomic mass is 10.1. The molecule has 0 aliphatic carbocycles. The van der Waals surface area contributed by atoms with Crippen LogP contribution < -0.4 is 4.74 Å². The molecule has 0 fully saturated rings. The minimum Gasteiger partial charge on any atom is -0.497 e. The molecule has 0 amide bonds. The van der Waals surface area contributed by atoms with Crippen molar-refractivity contribution in [2.24, 2.45) is 0 Å². The molecule has 0 aliphatic rings. The summed E-state index contributed by atoms with van der Waals surface area (Å²) in [5, 5.41) is 10.3. The highest BCUT2D eigenvalue weighted by Crippen LogP contribution is 2.31. The molecule has 1 N–H and O–H groups in total. The first-order valence-corrected chi connectivity index (χ1v) is 6.01. The summed E-state index contributed by atoms with van der Waals surface area (Å²) >= 11 is 0. The largest absolute Gasteiger partial charge is 0.497 e. The quantitative estimate of drug-likeness (QED) is 0.764. The highest BCUT2D eigenvalue weighted by Gasteiger charge is 2.13. The third kappa shape index (κ3) is 1.91. The predicted octanol–water partition coefficient (Wildman–Crippen LogP) is 3.02. The molecular weight excluding hydrogens is 240 g/mol. The van der Waals surface area contributed by atoms with Crippen LogP contribution in [0.2, 0.25) is 0 Å². The number of nitrogens with zero attached hydrogens (tertiary/aromatic N) is 2. The molecule has 0 saturated carbocycles. The highest BCUT2D eigenvalue weighted by molar-refractivity contribution is 5.70. The highest BCUT2D eigenvalue weighted by atomic mass is 16.5. The average molecular weight is 254 g/mol. The second kappa shape index (κ2) is 4.31. The van der Waals surface area contributed by atoms with E-state index in [2.05, 4.69) is 4.98 Å². The average Bonchev–Trinajstić information content (AvgIpc) is 2.76. The van der Waals surface area contributed by atoms with Crippen LogP contribution >= 0.6 is 0 Å². The molecule has 96 valence electrons. The van der Waals surface area contributed by atoms with Crippen molar-refractivity contribution in [2.75, 3.05) is 7.11 Å². The fourth-order valence-electron chi connectivity index (χ4n) is 2.10. The first-order valence-electron chi connectivity index (χ1n) is 6.01. The first kappa shape index (κ1) is 11.6. The second-order valence-electron chi connectivity index (χ2n) is 4.45. The van der Waals surface area contributed by atoms with E-state index in [1.807, 2.05) is 49.5 Å². The van der Waals surface area contributed by atoms with Gasteiger partial charge in [-0.05, 0) is 30.7 Å². The van der Waals surface area contributed by atoms with Gasteiger partial charge >= 0.3 is 0 Å². The molecule has 4 nitrogen and oxygen atoms in total. The number of pyridine rings is 1. The summed E-state index contributed by atoms with van der Waals surface area (Å²) in [4.78, 5) is 4.46. The predicted molar refractivity (Wildman–Crippen MR) is 73.6 cm³/mol. The molecule has 2 heterocycles. The number of aromatic hydroxyl groups is 1. The number of methoxy groups -OCH3 is 1. The van der Waals surface area contributed by atoms with Gasteiger partial charge in [0.2, 0.25) is 5.88 Å². The Balaban J connectivity index is 2.21. The van der Waals surface area contributed by atoms with Gasteiger partial charge in [0.25, 0.3) is 0 Å². The zero-order chi connectivity index (χ0) is 13.4. The minimum absolute atomic E-state index is 0.145. The molecule has 2 aromatic heterocycles. The number of ether oxygens (including phenoxy) is 1. The second-order valence-corrected chi connectivity index (χ2v) is 4.45. The SMILES string of the molecule is COc1cccc(-c2nc3ccc(C)cn3c2O)c1. The smallest absolute Gasteiger partial charge is 0.224 e. The number of hydrogen-bond donors (Lipinski definition) is 1. The van der Waals surface area contributed by atoms with Crippen molar-refractivity contribution in [2.45, 2.75) is 6.92 Å². The Labute approximate surface area is 110 Å². The van der Waals surface area contributed by atoms with Crippen LogP contribution in [0.4, 0.5) is 0 Å². The van der Waals surface area contributed by atoms with Gasteiger partial charge in [0.05, 0.1) is 7.11 Å². The van der Waals surface area contributed by atoms with Gasteiger partial charge in [-0.1, -0.05) is 18.2 Å². The number of aryl methyl sites for hydroxylation is 1. The van der Waals surface area contributed by atoms with Gasteiger partial charge in [-0.2, -0.15) is 0 Å². The van der Waals surface area contributed by atoms with Crippen LogP contribution in [0.15, 0.2) is 42.6 Å². The molecule has 3 aromatic rings. The summed E-state index contributed by atoms with van der Waals surface area (Å²) in [6.07, 6.45) is 1.86. The van der Waals surface area contributed by atoms with Crippen LogP contribution in [0.25, 0.3) is 16.9 Å². The van der Waals surface area contributed by atoms with Gasteiger partial charge in [0.15, 0.2) is 0 Å². The Morgan fingerprint density at radius 2 is 2.05 bits per heavy atom. The van der Waals surface area contributed by atoms with Crippen LogP contribution in [0.3, 0.4) is 0 Å². The Bertz CT molecular complexity index is 747. The van der Waals surface area contributed by atoms with Crippen molar-refractivity contribution in [3.05, 3.63) is 48.2 Å². The Kier molecular flexibility index (Phi) is 2.63. The lowest BCUT2D eigenvalue weighted by Gasteiger charge is -2.02. The fraction of sp³-hybridized carbons (Fsp3) is 0.133. The normalized spacial score (nSPS) is 10.8. The molecule has 0 saturated heterocycles. The zero-order valence-corrected chi connectivity index (χ0v) is 10.8. The summed E-state index contributed by atoms with van der Waals surface area (Å²) < 4.78 is 6.88. The molecule has 0 aliphatic heterocycles. The number of hydrogen-bond acceptors (Lipinski definition) is 3. The lowest BCUT2D eigenvalue weighted by Crippen LogP contribution is -1.85. The summed E-state index contributed by atoms with van der Waals surface area (Å²) in [5.41, 5.74) is 3.18. The van der Waals surface area contributed by atoms with E-state index in [0.29, 0.717) is 5.69 Å². The van der Waals surface area contributed by atoms with Crippen LogP contribution in [0, 0.1) is 6.92 Å². The lowest BCUT2D eigenvalue weighted by molar-refractivity contribution is 0.415. The maximum absolute atomic E-state index is 10.3. The van der Waals surface area contributed by atoms with Gasteiger partial charge in [0, 0.05) is 11.8 Å². The Morgan fingerprint density at radius 3 is 2.84 bits per heavy atom. The molecule has 19 heavy (non-hydrogen) atoms. The fourth-order valence-corrected chi connectivity index (χ4v) is 2.10.